The molecule has 2 aliphatic rings. The van der Waals surface area contributed by atoms with Crippen LogP contribution in [0.25, 0.3) is 0 Å². The summed E-state index contributed by atoms with van der Waals surface area (Å²) in [6.45, 7) is 2.30. The van der Waals surface area contributed by atoms with Gasteiger partial charge in [-0.25, -0.2) is 4.98 Å². The second-order valence-electron chi connectivity index (χ2n) is 4.97. The molecule has 17 heavy (non-hydrogen) atoms. The summed E-state index contributed by atoms with van der Waals surface area (Å²) in [7, 11) is 2.21. The van der Waals surface area contributed by atoms with Crippen molar-refractivity contribution < 1.29 is 0 Å². The van der Waals surface area contributed by atoms with Crippen LogP contribution in [0.3, 0.4) is 0 Å². The zero-order chi connectivity index (χ0) is 12.0. The van der Waals surface area contributed by atoms with E-state index in [1.807, 2.05) is 0 Å². The van der Waals surface area contributed by atoms with Gasteiger partial charge in [-0.2, -0.15) is 0 Å². The Labute approximate surface area is 120 Å². The van der Waals surface area contributed by atoms with Crippen LogP contribution in [0, 0.1) is 3.57 Å². The van der Waals surface area contributed by atoms with Gasteiger partial charge >= 0.3 is 0 Å². The molecule has 0 saturated carbocycles. The Kier molecular flexibility index (Phi) is 3.21. The van der Waals surface area contributed by atoms with Gasteiger partial charge in [0.25, 0.3) is 0 Å². The number of nitrogens with zero attached hydrogens (tertiary/aromatic N) is 3. The molecule has 3 nitrogen and oxygen atoms in total. The van der Waals surface area contributed by atoms with Gasteiger partial charge in [0.05, 0.1) is 5.02 Å². The van der Waals surface area contributed by atoms with E-state index >= 15 is 0 Å². The molecule has 0 N–H and O–H groups in total. The van der Waals surface area contributed by atoms with Crippen LogP contribution in [0.5, 0.6) is 0 Å². The van der Waals surface area contributed by atoms with E-state index in [2.05, 4.69) is 50.5 Å². The van der Waals surface area contributed by atoms with Crippen molar-refractivity contribution in [3.63, 3.8) is 0 Å². The van der Waals surface area contributed by atoms with Crippen LogP contribution in [0.4, 0.5) is 5.82 Å². The van der Waals surface area contributed by atoms with Crippen molar-refractivity contribution in [3.05, 3.63) is 20.9 Å². The minimum Gasteiger partial charge on any atom is -0.348 e. The zero-order valence-corrected chi connectivity index (χ0v) is 12.6. The Morgan fingerprint density at radius 1 is 1.35 bits per heavy atom. The normalized spacial score (nSPS) is 28.8. The number of hydrogen-bond acceptors (Lipinski definition) is 3. The molecule has 5 heteroatoms. The highest BCUT2D eigenvalue weighted by Crippen LogP contribution is 2.34. The number of anilines is 1. The molecule has 3 heterocycles. The third-order valence-corrected chi connectivity index (χ3v) is 5.24. The van der Waals surface area contributed by atoms with Crippen molar-refractivity contribution in [2.45, 2.75) is 24.9 Å². The van der Waals surface area contributed by atoms with E-state index < -0.39 is 0 Å². The smallest absolute Gasteiger partial charge is 0.130 e. The Balaban J connectivity index is 1.92. The maximum Gasteiger partial charge on any atom is 0.130 e. The molecule has 3 rings (SSSR count). The molecule has 1 aromatic heterocycles. The molecule has 0 aliphatic carbocycles. The number of fused-ring (bicyclic) bond motifs is 2. The highest BCUT2D eigenvalue weighted by molar-refractivity contribution is 14.1. The first-order valence-electron chi connectivity index (χ1n) is 5.93. The van der Waals surface area contributed by atoms with Crippen LogP contribution in [-0.2, 0) is 0 Å². The Bertz CT molecular complexity index is 426. The lowest BCUT2D eigenvalue weighted by Crippen LogP contribution is -2.52. The zero-order valence-electron chi connectivity index (χ0n) is 9.74. The Morgan fingerprint density at radius 3 is 2.59 bits per heavy atom. The first-order chi connectivity index (χ1) is 8.15. The van der Waals surface area contributed by atoms with E-state index in [4.69, 9.17) is 11.6 Å². The van der Waals surface area contributed by atoms with Crippen molar-refractivity contribution in [2.75, 3.05) is 25.0 Å². The summed E-state index contributed by atoms with van der Waals surface area (Å²) < 4.78 is 1.09. The number of hydrogen-bond donors (Lipinski definition) is 0. The van der Waals surface area contributed by atoms with Gasteiger partial charge in [0, 0.05) is 34.9 Å². The fraction of sp³-hybridized carbons (Fsp3) is 0.583. The molecule has 0 radical (unpaired) electrons. The topological polar surface area (TPSA) is 19.4 Å². The molecular weight excluding hydrogens is 349 g/mol. The fourth-order valence-corrected chi connectivity index (χ4v) is 3.55. The van der Waals surface area contributed by atoms with Crippen LogP contribution < -0.4 is 4.90 Å². The number of halogens is 2. The number of pyridine rings is 1. The quantitative estimate of drug-likeness (QED) is 0.715. The summed E-state index contributed by atoms with van der Waals surface area (Å²) in [5.74, 6) is 1.10. The monoisotopic (exact) mass is 363 g/mol. The molecule has 0 spiro atoms. The van der Waals surface area contributed by atoms with E-state index in [-0.39, 0.29) is 0 Å². The second-order valence-corrected chi connectivity index (χ2v) is 6.54. The summed E-state index contributed by atoms with van der Waals surface area (Å²) in [4.78, 5) is 9.43. The minimum absolute atomic E-state index is 0.628. The molecule has 1 aromatic rings. The summed E-state index contributed by atoms with van der Waals surface area (Å²) >= 11 is 8.31. The Morgan fingerprint density at radius 2 is 2.00 bits per heavy atom. The molecule has 2 unspecified atom stereocenters. The highest BCUT2D eigenvalue weighted by Gasteiger charge is 2.39. The summed E-state index contributed by atoms with van der Waals surface area (Å²) in [6, 6.07) is 3.37. The van der Waals surface area contributed by atoms with E-state index in [9.17, 15) is 0 Å². The number of rotatable bonds is 1. The molecule has 92 valence electrons. The van der Waals surface area contributed by atoms with Gasteiger partial charge < -0.3 is 9.80 Å². The van der Waals surface area contributed by atoms with Gasteiger partial charge in [0.15, 0.2) is 0 Å². The maximum absolute atomic E-state index is 6.03. The largest absolute Gasteiger partial charge is 0.348 e. The Hall–Kier alpha value is -0.0700. The van der Waals surface area contributed by atoms with E-state index in [0.717, 1.165) is 27.5 Å². The standard InChI is InChI=1S/C12H15ClIN3/c1-16-6-8-2-3-9(7-16)17(8)12-4-11(14)10(13)5-15-12/h4-5,8-9H,2-3,6-7H2,1H3. The third-order valence-electron chi connectivity index (χ3n) is 3.72. The first kappa shape index (κ1) is 12.0. The van der Waals surface area contributed by atoms with Crippen molar-refractivity contribution in [1.82, 2.24) is 9.88 Å². The van der Waals surface area contributed by atoms with Crippen molar-refractivity contribution >= 4 is 40.0 Å². The number of aromatic nitrogens is 1. The maximum atomic E-state index is 6.03. The van der Waals surface area contributed by atoms with Crippen molar-refractivity contribution in [3.8, 4) is 0 Å². The number of likely N-dealkylation sites (N-methyl/N-ethyl adjacent to an activating group) is 1. The van der Waals surface area contributed by atoms with Crippen LogP contribution in [0.2, 0.25) is 5.02 Å². The molecule has 0 amide bonds. The lowest BCUT2D eigenvalue weighted by Gasteiger charge is -2.40. The summed E-state index contributed by atoms with van der Waals surface area (Å²) in [6.07, 6.45) is 4.35. The van der Waals surface area contributed by atoms with E-state index in [1.54, 1.807) is 6.20 Å². The van der Waals surface area contributed by atoms with Crippen LogP contribution in [0.15, 0.2) is 12.3 Å². The number of piperazine rings is 1. The highest BCUT2D eigenvalue weighted by atomic mass is 127. The van der Waals surface area contributed by atoms with Crippen molar-refractivity contribution in [2.24, 2.45) is 0 Å². The van der Waals surface area contributed by atoms with E-state index in [0.29, 0.717) is 12.1 Å². The van der Waals surface area contributed by atoms with Gasteiger partial charge in [-0.05, 0) is 48.5 Å². The average molecular weight is 364 g/mol. The van der Waals surface area contributed by atoms with Gasteiger partial charge in [-0.3, -0.25) is 0 Å². The lowest BCUT2D eigenvalue weighted by molar-refractivity contribution is 0.264. The first-order valence-corrected chi connectivity index (χ1v) is 7.39. The van der Waals surface area contributed by atoms with Crippen molar-refractivity contribution in [1.29, 1.82) is 0 Å². The van der Waals surface area contributed by atoms with Crippen LogP contribution >= 0.6 is 34.2 Å². The summed E-state index contributed by atoms with van der Waals surface area (Å²) in [5, 5.41) is 0.746. The lowest BCUT2D eigenvalue weighted by atomic mass is 10.2. The predicted molar refractivity (Wildman–Crippen MR) is 78.8 cm³/mol. The molecule has 2 fully saturated rings. The van der Waals surface area contributed by atoms with Gasteiger partial charge in [-0.1, -0.05) is 11.6 Å². The van der Waals surface area contributed by atoms with Gasteiger partial charge in [0.1, 0.15) is 5.82 Å². The molecule has 2 bridgehead atoms. The van der Waals surface area contributed by atoms with Crippen LogP contribution in [-0.4, -0.2) is 42.1 Å². The molecular formula is C12H15ClIN3. The van der Waals surface area contributed by atoms with Crippen LogP contribution in [0.1, 0.15) is 12.8 Å². The van der Waals surface area contributed by atoms with E-state index in [1.165, 1.54) is 12.8 Å². The molecule has 2 saturated heterocycles. The predicted octanol–water partition coefficient (Wildman–Crippen LogP) is 2.62. The van der Waals surface area contributed by atoms with Gasteiger partial charge in [-0.15, -0.1) is 0 Å². The van der Waals surface area contributed by atoms with Gasteiger partial charge in [0.2, 0.25) is 0 Å². The SMILES string of the molecule is CN1CC2CCC(C1)N2c1cc(I)c(Cl)cn1. The second kappa shape index (κ2) is 4.55. The minimum atomic E-state index is 0.628. The molecule has 0 aromatic carbocycles. The molecule has 2 aliphatic heterocycles. The molecule has 2 atom stereocenters. The number of likely N-dealkylation sites (tertiary alicyclic amines) is 1. The summed E-state index contributed by atoms with van der Waals surface area (Å²) in [5.41, 5.74) is 0. The average Bonchev–Trinajstić information content (AvgIpc) is 2.55. The fourth-order valence-electron chi connectivity index (χ4n) is 3.03. The third kappa shape index (κ3) is 2.15.